The number of hydrogen-bond acceptors (Lipinski definition) is 13. The van der Waals surface area contributed by atoms with Crippen LogP contribution in [0.1, 0.15) is 156 Å². The summed E-state index contributed by atoms with van der Waals surface area (Å²) in [5.41, 5.74) is 0. The van der Waals surface area contributed by atoms with Crippen molar-refractivity contribution < 1.29 is 67.7 Å². The molecule has 12 atom stereocenters. The van der Waals surface area contributed by atoms with Crippen LogP contribution in [0.4, 0.5) is 0 Å². The van der Waals surface area contributed by atoms with Gasteiger partial charge in [0.05, 0.1) is 12.6 Å². The zero-order chi connectivity index (χ0) is 68.3. The molecule has 1 saturated heterocycles. The van der Waals surface area contributed by atoms with Crippen molar-refractivity contribution in [3.05, 3.63) is 12.2 Å². The van der Waals surface area contributed by atoms with Gasteiger partial charge in [-0.25, -0.2) is 4.79 Å². The van der Waals surface area contributed by atoms with Crippen molar-refractivity contribution in [1.29, 1.82) is 0 Å². The summed E-state index contributed by atoms with van der Waals surface area (Å²) in [7, 11) is 9.66. The number of amides is 11. The standard InChI is InChI=1S/C63H111N11O14/c1-24-43-59(84)68(17)33-48(75)69(18)44(29-28-34(2)3)55(80)67-50(38(10)11)62(87)70(19)45(30-35(4)5)56(81)64-41(15)54(79)65-42(16)58(83)71(20)46(31-36(6)7)60(85)72(21)47(32-37(8)9)61(86)73(22)51(39(12)13)63(88)74(23)52(57(82)66-43)53(78)40(14)26-25-27-49(76)77/h25,27,34-47,50-53,78H,24,26,28-33H2,1-23H3,(H,64,81)(H,65,79)(H,66,82)(H,67,80)(H,76,77)/b27-25+/t40-,41+,42-,43+,44+,45+,46+,47+,50+,51+,52+,53-/m1/s1. The van der Waals surface area contributed by atoms with Gasteiger partial charge in [0.1, 0.15) is 60.4 Å². The number of carboxylic acids is 1. The first-order chi connectivity index (χ1) is 40.6. The Hall–Kier alpha value is -6.66. The zero-order valence-electron chi connectivity index (χ0n) is 57.1. The van der Waals surface area contributed by atoms with Crippen LogP contribution in [0.5, 0.6) is 0 Å². The SMILES string of the molecule is CC[C@@H]1NC(=O)[C@H]([C@H](O)[C@H](C)C/C=C/C(=O)O)N(C)C(=O)[C@H](C(C)C)N(C)C(=O)[C@H](CC(C)C)N(C)C(=O)[C@H](CC(C)C)N(C)C(=O)[C@@H](C)NC(=O)[C@H](C)NC(=O)[C@H](CC(C)C)N(C)C(=O)[C@H](C(C)C)NC(=O)[C@H](CCC(C)C)N(C)C(=O)CN(C)C1=O. The highest BCUT2D eigenvalue weighted by atomic mass is 16.4. The van der Waals surface area contributed by atoms with E-state index < -0.39 is 162 Å². The summed E-state index contributed by atoms with van der Waals surface area (Å²) in [6.07, 6.45) is 1.34. The van der Waals surface area contributed by atoms with E-state index in [9.17, 15) is 58.2 Å². The van der Waals surface area contributed by atoms with Crippen LogP contribution in [-0.2, 0) is 57.5 Å². The molecule has 88 heavy (non-hydrogen) atoms. The Morgan fingerprint density at radius 3 is 1.42 bits per heavy atom. The molecule has 0 bridgehead atoms. The van der Waals surface area contributed by atoms with Crippen molar-refractivity contribution in [3.8, 4) is 0 Å². The fourth-order valence-electron chi connectivity index (χ4n) is 10.8. The maximum atomic E-state index is 15.2. The van der Waals surface area contributed by atoms with Gasteiger partial charge in [-0.05, 0) is 100 Å². The van der Waals surface area contributed by atoms with Gasteiger partial charge in [0, 0.05) is 55.4 Å². The summed E-state index contributed by atoms with van der Waals surface area (Å²) in [6, 6.07) is -12.8. The fraction of sp³-hybridized carbons (Fsp3) is 0.778. The maximum absolute atomic E-state index is 15.2. The van der Waals surface area contributed by atoms with Gasteiger partial charge in [-0.3, -0.25) is 52.7 Å². The number of aliphatic hydroxyl groups excluding tert-OH is 1. The van der Waals surface area contributed by atoms with Crippen molar-refractivity contribution in [2.24, 2.45) is 41.4 Å². The maximum Gasteiger partial charge on any atom is 0.327 e. The predicted molar refractivity (Wildman–Crippen MR) is 335 cm³/mol. The molecule has 1 heterocycles. The molecule has 11 amide bonds. The van der Waals surface area contributed by atoms with E-state index in [1.54, 1.807) is 34.6 Å². The van der Waals surface area contributed by atoms with Crippen molar-refractivity contribution in [1.82, 2.24) is 55.6 Å². The van der Waals surface area contributed by atoms with E-state index >= 15 is 9.59 Å². The summed E-state index contributed by atoms with van der Waals surface area (Å²) < 4.78 is 0. The number of nitrogens with zero attached hydrogens (tertiary/aromatic N) is 7. The number of rotatable bonds is 17. The number of carbonyl (C=O) groups is 12. The van der Waals surface area contributed by atoms with E-state index in [1.165, 1.54) is 101 Å². The monoisotopic (exact) mass is 1250 g/mol. The number of hydrogen-bond donors (Lipinski definition) is 6. The zero-order valence-corrected chi connectivity index (χ0v) is 57.1. The molecule has 0 aromatic carbocycles. The highest BCUT2D eigenvalue weighted by Crippen LogP contribution is 2.26. The number of carbonyl (C=O) groups excluding carboxylic acids is 11. The smallest absolute Gasteiger partial charge is 0.327 e. The molecule has 1 aliphatic heterocycles. The third-order valence-electron chi connectivity index (χ3n) is 16.4. The van der Waals surface area contributed by atoms with Gasteiger partial charge in [-0.1, -0.05) is 103 Å². The lowest BCUT2D eigenvalue weighted by atomic mass is 9.91. The van der Waals surface area contributed by atoms with Crippen LogP contribution in [0.2, 0.25) is 0 Å². The molecule has 1 fully saturated rings. The molecule has 1 rings (SSSR count). The molecule has 0 radical (unpaired) electrons. The molecule has 0 aliphatic carbocycles. The summed E-state index contributed by atoms with van der Waals surface area (Å²) in [6.45, 7) is 27.1. The Bertz CT molecular complexity index is 2450. The Morgan fingerprint density at radius 2 is 0.955 bits per heavy atom. The lowest BCUT2D eigenvalue weighted by Crippen LogP contribution is -2.63. The Labute approximate surface area is 524 Å². The second-order valence-electron chi connectivity index (χ2n) is 26.6. The number of allylic oxidation sites excluding steroid dienone is 1. The van der Waals surface area contributed by atoms with Crippen molar-refractivity contribution in [3.63, 3.8) is 0 Å². The van der Waals surface area contributed by atoms with Gasteiger partial charge in [-0.15, -0.1) is 0 Å². The van der Waals surface area contributed by atoms with Crippen LogP contribution in [0, 0.1) is 41.4 Å². The number of likely N-dealkylation sites (N-methyl/N-ethyl adjacent to an activating group) is 7. The first kappa shape index (κ1) is 79.4. The average molecular weight is 1250 g/mol. The molecule has 0 saturated carbocycles. The number of aliphatic hydroxyl groups is 1. The largest absolute Gasteiger partial charge is 0.478 e. The molecule has 25 heteroatoms. The molecule has 0 spiro atoms. The molecule has 0 aromatic rings. The van der Waals surface area contributed by atoms with Gasteiger partial charge < -0.3 is 65.8 Å². The van der Waals surface area contributed by atoms with Crippen LogP contribution in [0.15, 0.2) is 12.2 Å². The molecule has 0 unspecified atom stereocenters. The molecule has 25 nitrogen and oxygen atoms in total. The van der Waals surface area contributed by atoms with Gasteiger partial charge in [0.25, 0.3) is 0 Å². The number of aliphatic carboxylic acids is 1. The van der Waals surface area contributed by atoms with Crippen LogP contribution in [0.3, 0.4) is 0 Å². The quantitative estimate of drug-likeness (QED) is 0.114. The summed E-state index contributed by atoms with van der Waals surface area (Å²) in [5.74, 6) is -11.7. The Morgan fingerprint density at radius 1 is 0.500 bits per heavy atom. The third kappa shape index (κ3) is 22.7. The van der Waals surface area contributed by atoms with Gasteiger partial charge in [0.2, 0.25) is 65.0 Å². The molecule has 502 valence electrons. The lowest BCUT2D eigenvalue weighted by Gasteiger charge is -2.41. The Kier molecular flexibility index (Phi) is 32.6. The van der Waals surface area contributed by atoms with E-state index in [2.05, 4.69) is 21.3 Å². The minimum Gasteiger partial charge on any atom is -0.478 e. The average Bonchev–Trinajstić information content (AvgIpc) is 3.58. The summed E-state index contributed by atoms with van der Waals surface area (Å²) in [4.78, 5) is 180. The number of carboxylic acid groups (broad SMARTS) is 1. The highest BCUT2D eigenvalue weighted by molar-refractivity contribution is 5.99. The minimum absolute atomic E-state index is 0.0428. The number of nitrogens with one attached hydrogen (secondary N) is 4. The van der Waals surface area contributed by atoms with Gasteiger partial charge in [-0.2, -0.15) is 0 Å². The first-order valence-electron chi connectivity index (χ1n) is 31.2. The first-order valence-corrected chi connectivity index (χ1v) is 31.2. The second kappa shape index (κ2) is 36.1. The Balaban J connectivity index is 4.37. The fourth-order valence-corrected chi connectivity index (χ4v) is 10.8. The van der Waals surface area contributed by atoms with E-state index in [0.29, 0.717) is 6.42 Å². The van der Waals surface area contributed by atoms with Gasteiger partial charge in [0.15, 0.2) is 0 Å². The van der Waals surface area contributed by atoms with Crippen molar-refractivity contribution >= 4 is 70.9 Å². The predicted octanol–water partition coefficient (Wildman–Crippen LogP) is 2.72. The van der Waals surface area contributed by atoms with Crippen molar-refractivity contribution in [2.75, 3.05) is 55.9 Å². The lowest BCUT2D eigenvalue weighted by molar-refractivity contribution is -0.157. The molecule has 1 aliphatic rings. The van der Waals surface area contributed by atoms with Crippen LogP contribution in [0.25, 0.3) is 0 Å². The highest BCUT2D eigenvalue weighted by Gasteiger charge is 2.45. The summed E-state index contributed by atoms with van der Waals surface area (Å²) >= 11 is 0. The molecule has 0 aromatic heterocycles. The molecular formula is C63H111N11O14. The van der Waals surface area contributed by atoms with E-state index in [0.717, 1.165) is 15.9 Å². The normalized spacial score (nSPS) is 26.3. The molecule has 6 N–H and O–H groups in total. The van der Waals surface area contributed by atoms with E-state index in [-0.39, 0.29) is 62.2 Å². The second-order valence-corrected chi connectivity index (χ2v) is 26.6. The topological polar surface area (TPSA) is 316 Å². The van der Waals surface area contributed by atoms with Crippen molar-refractivity contribution in [2.45, 2.75) is 222 Å². The van der Waals surface area contributed by atoms with Crippen LogP contribution in [-0.4, -0.2) is 238 Å². The van der Waals surface area contributed by atoms with Crippen LogP contribution < -0.4 is 21.3 Å². The minimum atomic E-state index is -1.76. The summed E-state index contributed by atoms with van der Waals surface area (Å²) in [5, 5.41) is 32.3. The molecular weight excluding hydrogens is 1130 g/mol. The van der Waals surface area contributed by atoms with E-state index in [4.69, 9.17) is 0 Å². The third-order valence-corrected chi connectivity index (χ3v) is 16.4. The van der Waals surface area contributed by atoms with Gasteiger partial charge >= 0.3 is 5.97 Å². The van der Waals surface area contributed by atoms with Crippen LogP contribution >= 0.6 is 0 Å². The van der Waals surface area contributed by atoms with E-state index in [1.807, 2.05) is 55.4 Å².